The molecule has 0 spiro atoms. The molecule has 0 aromatic heterocycles. The summed E-state index contributed by atoms with van der Waals surface area (Å²) in [5.74, 6) is -0.361. The second kappa shape index (κ2) is 10.1. The van der Waals surface area contributed by atoms with Gasteiger partial charge >= 0.3 is 5.97 Å². The Morgan fingerprint density at radius 2 is 1.80 bits per heavy atom. The quantitative estimate of drug-likeness (QED) is 0.705. The molecule has 1 atom stereocenters. The van der Waals surface area contributed by atoms with E-state index in [0.717, 1.165) is 29.9 Å². The molecule has 2 aromatic rings. The van der Waals surface area contributed by atoms with E-state index in [1.165, 1.54) is 6.92 Å². The van der Waals surface area contributed by atoms with Crippen molar-refractivity contribution in [3.63, 3.8) is 0 Å². The van der Waals surface area contributed by atoms with Gasteiger partial charge in [0.25, 0.3) is 5.91 Å². The summed E-state index contributed by atoms with van der Waals surface area (Å²) >= 11 is 0. The molecule has 1 aliphatic rings. The van der Waals surface area contributed by atoms with Gasteiger partial charge in [-0.3, -0.25) is 4.79 Å². The lowest BCUT2D eigenvalue weighted by atomic mass is 10.1. The standard InChI is InChI=1S/C23H28N2O5/c1-16-4-5-17(2)21(14-16)29-15-22(26)30-18(3)23(27)24-19-6-8-20(9-7-19)25-10-12-28-13-11-25/h4-9,14,18H,10-13,15H2,1-3H3,(H,24,27)/t18-/m0/s1. The smallest absolute Gasteiger partial charge is 0.344 e. The van der Waals surface area contributed by atoms with Gasteiger partial charge in [0.2, 0.25) is 0 Å². The molecule has 0 bridgehead atoms. The van der Waals surface area contributed by atoms with Gasteiger partial charge in [-0.25, -0.2) is 4.79 Å². The molecule has 3 rings (SSSR count). The summed E-state index contributed by atoms with van der Waals surface area (Å²) in [7, 11) is 0. The van der Waals surface area contributed by atoms with Crippen LogP contribution in [0.5, 0.6) is 5.75 Å². The van der Waals surface area contributed by atoms with Crippen molar-refractivity contribution in [3.05, 3.63) is 53.6 Å². The van der Waals surface area contributed by atoms with Crippen LogP contribution in [0, 0.1) is 13.8 Å². The molecule has 1 saturated heterocycles. The molecule has 1 aliphatic heterocycles. The van der Waals surface area contributed by atoms with Crippen molar-refractivity contribution in [2.24, 2.45) is 0 Å². The lowest BCUT2D eigenvalue weighted by Crippen LogP contribution is -2.36. The molecule has 0 saturated carbocycles. The van der Waals surface area contributed by atoms with E-state index in [9.17, 15) is 9.59 Å². The van der Waals surface area contributed by atoms with Crippen LogP contribution in [0.3, 0.4) is 0 Å². The Labute approximate surface area is 176 Å². The second-order valence-electron chi connectivity index (χ2n) is 7.33. The molecule has 7 nitrogen and oxygen atoms in total. The van der Waals surface area contributed by atoms with Gasteiger partial charge in [-0.15, -0.1) is 0 Å². The molecule has 0 aliphatic carbocycles. The maximum Gasteiger partial charge on any atom is 0.344 e. The minimum Gasteiger partial charge on any atom is -0.482 e. The van der Waals surface area contributed by atoms with Crippen molar-refractivity contribution in [2.45, 2.75) is 26.9 Å². The van der Waals surface area contributed by atoms with Gasteiger partial charge in [0.1, 0.15) is 5.75 Å². The zero-order valence-corrected chi connectivity index (χ0v) is 17.6. The first-order valence-electron chi connectivity index (χ1n) is 10.1. The summed E-state index contributed by atoms with van der Waals surface area (Å²) in [6, 6.07) is 13.3. The molecule has 0 unspecified atom stereocenters. The SMILES string of the molecule is Cc1ccc(C)c(OCC(=O)O[C@@H](C)C(=O)Nc2ccc(N3CCOCC3)cc2)c1. The second-order valence-corrected chi connectivity index (χ2v) is 7.33. The van der Waals surface area contributed by atoms with Gasteiger partial charge < -0.3 is 24.4 Å². The van der Waals surface area contributed by atoms with E-state index < -0.39 is 18.0 Å². The third-order valence-electron chi connectivity index (χ3n) is 4.88. The summed E-state index contributed by atoms with van der Waals surface area (Å²) in [4.78, 5) is 26.6. The molecule has 160 valence electrons. The predicted octanol–water partition coefficient (Wildman–Crippen LogP) is 3.09. The molecule has 7 heteroatoms. The molecular weight excluding hydrogens is 384 g/mol. The fourth-order valence-corrected chi connectivity index (χ4v) is 3.11. The fourth-order valence-electron chi connectivity index (χ4n) is 3.11. The van der Waals surface area contributed by atoms with Crippen LogP contribution in [0.25, 0.3) is 0 Å². The molecule has 1 fully saturated rings. The first-order chi connectivity index (χ1) is 14.4. The number of carbonyl (C=O) groups is 2. The molecule has 30 heavy (non-hydrogen) atoms. The first-order valence-corrected chi connectivity index (χ1v) is 10.1. The van der Waals surface area contributed by atoms with Crippen molar-refractivity contribution < 1.29 is 23.8 Å². The van der Waals surface area contributed by atoms with Gasteiger partial charge in [0.05, 0.1) is 13.2 Å². The highest BCUT2D eigenvalue weighted by Crippen LogP contribution is 2.20. The number of hydrogen-bond donors (Lipinski definition) is 1. The number of rotatable bonds is 7. The van der Waals surface area contributed by atoms with Crippen LogP contribution in [0.4, 0.5) is 11.4 Å². The number of nitrogens with one attached hydrogen (secondary N) is 1. The topological polar surface area (TPSA) is 77.1 Å². The van der Waals surface area contributed by atoms with Crippen LogP contribution < -0.4 is 15.0 Å². The third-order valence-corrected chi connectivity index (χ3v) is 4.88. The number of carbonyl (C=O) groups excluding carboxylic acids is 2. The molecule has 0 radical (unpaired) electrons. The van der Waals surface area contributed by atoms with Gasteiger partial charge in [-0.1, -0.05) is 12.1 Å². The Hall–Kier alpha value is -3.06. The number of hydrogen-bond acceptors (Lipinski definition) is 6. The van der Waals surface area contributed by atoms with Crippen molar-refractivity contribution in [3.8, 4) is 5.75 Å². The van der Waals surface area contributed by atoms with Gasteiger partial charge in [0.15, 0.2) is 12.7 Å². The number of nitrogens with zero attached hydrogens (tertiary/aromatic N) is 1. The average molecular weight is 412 g/mol. The largest absolute Gasteiger partial charge is 0.482 e. The zero-order chi connectivity index (χ0) is 21.5. The summed E-state index contributed by atoms with van der Waals surface area (Å²) < 4.78 is 16.1. The normalized spacial score (nSPS) is 14.7. The Balaban J connectivity index is 1.46. The third kappa shape index (κ3) is 5.97. The van der Waals surface area contributed by atoms with Crippen molar-refractivity contribution in [1.82, 2.24) is 0 Å². The minimum absolute atomic E-state index is 0.254. The molecule has 2 aromatic carbocycles. The highest BCUT2D eigenvalue weighted by molar-refractivity contribution is 5.95. The van der Waals surface area contributed by atoms with Crippen LogP contribution in [-0.4, -0.2) is 50.9 Å². The highest BCUT2D eigenvalue weighted by atomic mass is 16.6. The molecular formula is C23H28N2O5. The Morgan fingerprint density at radius 3 is 2.50 bits per heavy atom. The lowest BCUT2D eigenvalue weighted by Gasteiger charge is -2.28. The fraction of sp³-hybridized carbons (Fsp3) is 0.391. The predicted molar refractivity (Wildman–Crippen MR) is 115 cm³/mol. The first kappa shape index (κ1) is 21.6. The number of amides is 1. The van der Waals surface area contributed by atoms with E-state index >= 15 is 0 Å². The number of esters is 1. The van der Waals surface area contributed by atoms with Crippen molar-refractivity contribution in [2.75, 3.05) is 43.1 Å². The van der Waals surface area contributed by atoms with Crippen LogP contribution in [-0.2, 0) is 19.1 Å². The number of anilines is 2. The maximum absolute atomic E-state index is 12.4. The summed E-state index contributed by atoms with van der Waals surface area (Å²) in [6.07, 6.45) is -0.932. The van der Waals surface area contributed by atoms with E-state index in [1.807, 2.05) is 56.3 Å². The Kier molecular flexibility index (Phi) is 7.30. The Morgan fingerprint density at radius 1 is 1.10 bits per heavy atom. The van der Waals surface area contributed by atoms with E-state index in [2.05, 4.69) is 10.2 Å². The van der Waals surface area contributed by atoms with Crippen LogP contribution in [0.2, 0.25) is 0 Å². The molecule has 1 amide bonds. The van der Waals surface area contributed by atoms with E-state index in [-0.39, 0.29) is 6.61 Å². The lowest BCUT2D eigenvalue weighted by molar-refractivity contribution is -0.155. The average Bonchev–Trinajstić information content (AvgIpc) is 2.75. The summed E-state index contributed by atoms with van der Waals surface area (Å²) in [6.45, 7) is 8.27. The van der Waals surface area contributed by atoms with Crippen molar-refractivity contribution >= 4 is 23.3 Å². The number of ether oxygens (including phenoxy) is 3. The van der Waals surface area contributed by atoms with Gasteiger partial charge in [-0.05, 0) is 62.2 Å². The molecule has 1 N–H and O–H groups in total. The van der Waals surface area contributed by atoms with Crippen LogP contribution >= 0.6 is 0 Å². The highest BCUT2D eigenvalue weighted by Gasteiger charge is 2.19. The molecule has 1 heterocycles. The zero-order valence-electron chi connectivity index (χ0n) is 17.6. The van der Waals surface area contributed by atoms with E-state index in [4.69, 9.17) is 14.2 Å². The monoisotopic (exact) mass is 412 g/mol. The maximum atomic E-state index is 12.4. The van der Waals surface area contributed by atoms with Crippen LogP contribution in [0.1, 0.15) is 18.1 Å². The van der Waals surface area contributed by atoms with Crippen LogP contribution in [0.15, 0.2) is 42.5 Å². The van der Waals surface area contributed by atoms with Gasteiger partial charge in [-0.2, -0.15) is 0 Å². The number of benzene rings is 2. The summed E-state index contributed by atoms with van der Waals surface area (Å²) in [5.41, 5.74) is 3.70. The summed E-state index contributed by atoms with van der Waals surface area (Å²) in [5, 5.41) is 2.77. The number of aryl methyl sites for hydroxylation is 2. The minimum atomic E-state index is -0.932. The van der Waals surface area contributed by atoms with E-state index in [1.54, 1.807) is 0 Å². The number of morpholine rings is 1. The van der Waals surface area contributed by atoms with Gasteiger partial charge in [0, 0.05) is 24.5 Å². The van der Waals surface area contributed by atoms with Crippen molar-refractivity contribution in [1.29, 1.82) is 0 Å². The van der Waals surface area contributed by atoms with E-state index in [0.29, 0.717) is 24.7 Å². The Bertz CT molecular complexity index is 876.